The first-order valence-corrected chi connectivity index (χ1v) is 6.68. The molecule has 0 bridgehead atoms. The first kappa shape index (κ1) is 13.2. The number of aromatic nitrogens is 2. The first-order valence-electron chi connectivity index (χ1n) is 6.68. The largest absolute Gasteiger partial charge is 0.445 e. The van der Waals surface area contributed by atoms with E-state index in [0.29, 0.717) is 6.54 Å². The summed E-state index contributed by atoms with van der Waals surface area (Å²) in [4.78, 5) is 18.8. The molecule has 1 aromatic heterocycles. The van der Waals surface area contributed by atoms with Crippen molar-refractivity contribution in [1.29, 1.82) is 0 Å². The quantitative estimate of drug-likeness (QED) is 0.772. The van der Waals surface area contributed by atoms with Gasteiger partial charge in [0.2, 0.25) is 0 Å². The van der Waals surface area contributed by atoms with Crippen molar-refractivity contribution in [2.24, 2.45) is 0 Å². The third-order valence-electron chi connectivity index (χ3n) is 3.13. The van der Waals surface area contributed by atoms with Crippen LogP contribution in [0.3, 0.4) is 0 Å². The van der Waals surface area contributed by atoms with Crippen LogP contribution in [0.2, 0.25) is 0 Å². The Kier molecular flexibility index (Phi) is 3.82. The average Bonchev–Trinajstić information content (AvgIpc) is 2.99. The molecule has 0 unspecified atom stereocenters. The summed E-state index contributed by atoms with van der Waals surface area (Å²) in [6.45, 7) is 0.689. The number of carbonyl (C=O) groups excluding carboxylic acids is 1. The van der Waals surface area contributed by atoms with Crippen LogP contribution in [0.5, 0.6) is 0 Å². The van der Waals surface area contributed by atoms with Crippen LogP contribution in [0.25, 0.3) is 11.0 Å². The highest BCUT2D eigenvalue weighted by molar-refractivity contribution is 5.75. The van der Waals surface area contributed by atoms with Crippen LogP contribution in [-0.2, 0) is 17.9 Å². The summed E-state index contributed by atoms with van der Waals surface area (Å²) in [5.74, 6) is 0. The molecule has 1 heterocycles. The minimum absolute atomic E-state index is 0.270. The predicted molar refractivity (Wildman–Crippen MR) is 79.6 cm³/mol. The zero-order valence-electron chi connectivity index (χ0n) is 11.4. The molecular formula is C16H15N3O2. The highest BCUT2D eigenvalue weighted by atomic mass is 16.5. The van der Waals surface area contributed by atoms with E-state index in [-0.39, 0.29) is 6.61 Å². The summed E-state index contributed by atoms with van der Waals surface area (Å²) >= 11 is 0. The number of fused-ring (bicyclic) bond motifs is 1. The fraction of sp³-hybridized carbons (Fsp3) is 0.125. The number of H-pyrrole nitrogens is 1. The van der Waals surface area contributed by atoms with Crippen molar-refractivity contribution in [1.82, 2.24) is 15.3 Å². The molecule has 0 spiro atoms. The van der Waals surface area contributed by atoms with Crippen LogP contribution < -0.4 is 5.32 Å². The second-order valence-electron chi connectivity index (χ2n) is 4.67. The lowest BCUT2D eigenvalue weighted by molar-refractivity contribution is 0.139. The molecule has 0 aliphatic carbocycles. The molecule has 0 radical (unpaired) electrons. The van der Waals surface area contributed by atoms with Crippen molar-refractivity contribution < 1.29 is 9.53 Å². The van der Waals surface area contributed by atoms with E-state index in [0.717, 1.165) is 22.2 Å². The Morgan fingerprint density at radius 3 is 2.86 bits per heavy atom. The Morgan fingerprint density at radius 1 is 1.14 bits per heavy atom. The normalized spacial score (nSPS) is 10.5. The van der Waals surface area contributed by atoms with E-state index >= 15 is 0 Å². The number of hydrogen-bond donors (Lipinski definition) is 2. The van der Waals surface area contributed by atoms with Crippen molar-refractivity contribution in [3.63, 3.8) is 0 Å². The molecular weight excluding hydrogens is 266 g/mol. The molecule has 0 saturated heterocycles. The molecule has 5 heteroatoms. The third kappa shape index (κ3) is 3.39. The van der Waals surface area contributed by atoms with Gasteiger partial charge >= 0.3 is 6.09 Å². The van der Waals surface area contributed by atoms with Gasteiger partial charge in [-0.1, -0.05) is 36.4 Å². The van der Waals surface area contributed by atoms with Crippen LogP contribution in [-0.4, -0.2) is 16.1 Å². The van der Waals surface area contributed by atoms with Gasteiger partial charge in [0.05, 0.1) is 17.4 Å². The van der Waals surface area contributed by atoms with Crippen LogP contribution in [0.4, 0.5) is 4.79 Å². The minimum atomic E-state index is -0.427. The Labute approximate surface area is 122 Å². The van der Waals surface area contributed by atoms with Crippen molar-refractivity contribution in [3.8, 4) is 0 Å². The summed E-state index contributed by atoms with van der Waals surface area (Å²) in [5.41, 5.74) is 3.81. The maximum absolute atomic E-state index is 11.6. The lowest BCUT2D eigenvalue weighted by atomic mass is 10.2. The fourth-order valence-electron chi connectivity index (χ4n) is 2.04. The van der Waals surface area contributed by atoms with Crippen molar-refractivity contribution in [3.05, 3.63) is 66.0 Å². The number of rotatable bonds is 4. The first-order chi connectivity index (χ1) is 10.3. The number of alkyl carbamates (subject to hydrolysis) is 1. The smallest absolute Gasteiger partial charge is 0.407 e. The lowest BCUT2D eigenvalue weighted by Gasteiger charge is -2.07. The molecule has 21 heavy (non-hydrogen) atoms. The average molecular weight is 281 g/mol. The zero-order chi connectivity index (χ0) is 14.5. The van der Waals surface area contributed by atoms with Gasteiger partial charge in [0, 0.05) is 6.54 Å². The molecule has 1 amide bonds. The third-order valence-corrected chi connectivity index (χ3v) is 3.13. The molecule has 3 rings (SSSR count). The van der Waals surface area contributed by atoms with Crippen LogP contribution >= 0.6 is 0 Å². The van der Waals surface area contributed by atoms with Gasteiger partial charge in [-0.05, 0) is 23.3 Å². The Balaban J connectivity index is 1.51. The molecule has 3 aromatic rings. The second kappa shape index (κ2) is 6.09. The number of hydrogen-bond acceptors (Lipinski definition) is 3. The summed E-state index contributed by atoms with van der Waals surface area (Å²) < 4.78 is 5.15. The van der Waals surface area contributed by atoms with Crippen molar-refractivity contribution >= 4 is 17.1 Å². The number of nitrogens with zero attached hydrogens (tertiary/aromatic N) is 1. The van der Waals surface area contributed by atoms with Gasteiger partial charge in [-0.2, -0.15) is 0 Å². The standard InChI is InChI=1S/C16H15N3O2/c20-16(21-10-12-4-2-1-3-5-12)17-9-13-6-7-14-15(8-13)19-11-18-14/h1-8,11H,9-10H2,(H,17,20)(H,18,19). The molecule has 2 N–H and O–H groups in total. The van der Waals surface area contributed by atoms with Crippen LogP contribution in [0, 0.1) is 0 Å². The molecule has 0 aliphatic heterocycles. The number of aromatic amines is 1. The molecule has 2 aromatic carbocycles. The maximum atomic E-state index is 11.6. The van der Waals surface area contributed by atoms with Crippen LogP contribution in [0.1, 0.15) is 11.1 Å². The van der Waals surface area contributed by atoms with E-state index < -0.39 is 6.09 Å². The maximum Gasteiger partial charge on any atom is 0.407 e. The van der Waals surface area contributed by atoms with E-state index in [2.05, 4.69) is 15.3 Å². The Hall–Kier alpha value is -2.82. The minimum Gasteiger partial charge on any atom is -0.445 e. The van der Waals surface area contributed by atoms with Gasteiger partial charge in [0.15, 0.2) is 0 Å². The summed E-state index contributed by atoms with van der Waals surface area (Å²) in [6, 6.07) is 15.4. The molecule has 0 atom stereocenters. The SMILES string of the molecule is O=C(NCc1ccc2nc[nH]c2c1)OCc1ccccc1. The van der Waals surface area contributed by atoms with Gasteiger partial charge in [-0.25, -0.2) is 9.78 Å². The second-order valence-corrected chi connectivity index (χ2v) is 4.67. The van der Waals surface area contributed by atoms with E-state index in [1.807, 2.05) is 48.5 Å². The van der Waals surface area contributed by atoms with Crippen molar-refractivity contribution in [2.45, 2.75) is 13.2 Å². The van der Waals surface area contributed by atoms with E-state index in [9.17, 15) is 4.79 Å². The van der Waals surface area contributed by atoms with Gasteiger partial charge in [0.1, 0.15) is 6.61 Å². The number of benzene rings is 2. The van der Waals surface area contributed by atoms with Gasteiger partial charge in [-0.15, -0.1) is 0 Å². The molecule has 106 valence electrons. The molecule has 0 fully saturated rings. The van der Waals surface area contributed by atoms with Gasteiger partial charge in [0.25, 0.3) is 0 Å². The number of imidazole rings is 1. The molecule has 5 nitrogen and oxygen atoms in total. The summed E-state index contributed by atoms with van der Waals surface area (Å²) in [7, 11) is 0. The highest BCUT2D eigenvalue weighted by Crippen LogP contribution is 2.11. The van der Waals surface area contributed by atoms with Gasteiger partial charge < -0.3 is 15.0 Å². The topological polar surface area (TPSA) is 67.0 Å². The number of nitrogens with one attached hydrogen (secondary N) is 2. The Morgan fingerprint density at radius 2 is 2.00 bits per heavy atom. The van der Waals surface area contributed by atoms with E-state index in [4.69, 9.17) is 4.74 Å². The zero-order valence-corrected chi connectivity index (χ0v) is 11.4. The predicted octanol–water partition coefficient (Wildman–Crippen LogP) is 2.99. The highest BCUT2D eigenvalue weighted by Gasteiger charge is 2.04. The lowest BCUT2D eigenvalue weighted by Crippen LogP contribution is -2.23. The molecule has 0 aliphatic rings. The van der Waals surface area contributed by atoms with E-state index in [1.165, 1.54) is 0 Å². The van der Waals surface area contributed by atoms with Crippen LogP contribution in [0.15, 0.2) is 54.9 Å². The fourth-order valence-corrected chi connectivity index (χ4v) is 2.04. The summed E-state index contributed by atoms with van der Waals surface area (Å²) in [5, 5.41) is 2.73. The summed E-state index contributed by atoms with van der Waals surface area (Å²) in [6.07, 6.45) is 1.22. The molecule has 0 saturated carbocycles. The van der Waals surface area contributed by atoms with E-state index in [1.54, 1.807) is 6.33 Å². The van der Waals surface area contributed by atoms with Gasteiger partial charge in [-0.3, -0.25) is 0 Å². The number of amides is 1. The monoisotopic (exact) mass is 281 g/mol. The number of ether oxygens (including phenoxy) is 1. The Bertz CT molecular complexity index is 737. The van der Waals surface area contributed by atoms with Crippen molar-refractivity contribution in [2.75, 3.05) is 0 Å². The number of carbonyl (C=O) groups is 1.